The Morgan fingerprint density at radius 1 is 0.784 bits per heavy atom. The summed E-state index contributed by atoms with van der Waals surface area (Å²) in [4.78, 5) is 2.26. The second-order valence-corrected chi connectivity index (χ2v) is 9.10. The highest BCUT2D eigenvalue weighted by Crippen LogP contribution is 2.43. The molecule has 2 aromatic rings. The fourth-order valence-corrected chi connectivity index (χ4v) is 5.04. The topological polar surface area (TPSA) is 82.7 Å². The minimum absolute atomic E-state index is 0.191. The summed E-state index contributed by atoms with van der Waals surface area (Å²) in [6.45, 7) is 1.47. The third kappa shape index (κ3) is 5.12. The van der Waals surface area contributed by atoms with Crippen LogP contribution >= 0.6 is 12.2 Å². The average molecular weight is 528 g/mol. The lowest BCUT2D eigenvalue weighted by molar-refractivity contribution is 0.323. The van der Waals surface area contributed by atoms with Crippen molar-refractivity contribution in [2.75, 3.05) is 62.8 Å². The fourth-order valence-electron chi connectivity index (χ4n) is 4.82. The van der Waals surface area contributed by atoms with E-state index in [4.69, 9.17) is 40.6 Å². The molecule has 0 aromatic heterocycles. The van der Waals surface area contributed by atoms with Crippen LogP contribution in [0, 0.1) is 0 Å². The summed E-state index contributed by atoms with van der Waals surface area (Å²) >= 11 is 5.64. The highest BCUT2D eigenvalue weighted by molar-refractivity contribution is 7.80. The Bertz CT molecular complexity index is 1210. The van der Waals surface area contributed by atoms with Crippen LogP contribution in [0.3, 0.4) is 0 Å². The summed E-state index contributed by atoms with van der Waals surface area (Å²) in [5.41, 5.74) is 5.10. The molecule has 1 unspecified atom stereocenters. The van der Waals surface area contributed by atoms with E-state index in [9.17, 15) is 0 Å². The van der Waals surface area contributed by atoms with Crippen molar-refractivity contribution in [2.45, 2.75) is 6.04 Å². The molecule has 1 atom stereocenters. The molecule has 198 valence electrons. The van der Waals surface area contributed by atoms with Gasteiger partial charge in [0.25, 0.3) is 0 Å². The first-order chi connectivity index (χ1) is 17.9. The molecule has 2 N–H and O–H groups in total. The lowest BCUT2D eigenvalue weighted by atomic mass is 9.89. The number of nitrogens with zero attached hydrogens (tertiary/aromatic N) is 1. The molecule has 2 aliphatic rings. The van der Waals surface area contributed by atoms with E-state index >= 15 is 0 Å². The van der Waals surface area contributed by atoms with E-state index in [-0.39, 0.29) is 6.04 Å². The maximum Gasteiger partial charge on any atom is 0.203 e. The van der Waals surface area contributed by atoms with Crippen molar-refractivity contribution in [1.82, 2.24) is 15.5 Å². The first-order valence-electron chi connectivity index (χ1n) is 11.7. The van der Waals surface area contributed by atoms with E-state index in [1.807, 2.05) is 24.3 Å². The standard InChI is InChI=1S/C27H33N3O6S/c1-30-13-17(8-15-9-19(31-2)25(35-6)20(10-15)32-3)24-18(14-30)23(28-27(37)29-24)16-11-21(33-4)26(36-7)22(12-16)34-5/h8-12,23H,13-14H2,1-7H3,(H2,28,29,37)/b17-8-. The van der Waals surface area contributed by atoms with Gasteiger partial charge in [0.05, 0.1) is 48.7 Å². The smallest absolute Gasteiger partial charge is 0.203 e. The lowest BCUT2D eigenvalue weighted by Crippen LogP contribution is -2.49. The van der Waals surface area contributed by atoms with Gasteiger partial charge < -0.3 is 39.1 Å². The zero-order chi connectivity index (χ0) is 26.7. The lowest BCUT2D eigenvalue weighted by Gasteiger charge is -2.39. The van der Waals surface area contributed by atoms with Crippen LogP contribution in [-0.2, 0) is 0 Å². The van der Waals surface area contributed by atoms with Gasteiger partial charge in [-0.3, -0.25) is 4.90 Å². The van der Waals surface area contributed by atoms with E-state index in [0.717, 1.165) is 41.1 Å². The number of hydrogen-bond donors (Lipinski definition) is 2. The molecule has 0 saturated heterocycles. The predicted octanol–water partition coefficient (Wildman–Crippen LogP) is 3.54. The summed E-state index contributed by atoms with van der Waals surface area (Å²) in [5.74, 6) is 3.46. The quantitative estimate of drug-likeness (QED) is 0.498. The van der Waals surface area contributed by atoms with Crippen LogP contribution < -0.4 is 39.1 Å². The summed E-state index contributed by atoms with van der Waals surface area (Å²) in [5, 5.41) is 7.37. The van der Waals surface area contributed by atoms with Crippen LogP contribution in [-0.4, -0.2) is 72.8 Å². The second kappa shape index (κ2) is 11.2. The zero-order valence-corrected chi connectivity index (χ0v) is 23.0. The Hall–Kier alpha value is -3.63. The molecule has 0 saturated carbocycles. The van der Waals surface area contributed by atoms with Crippen LogP contribution in [0.5, 0.6) is 34.5 Å². The number of hydrogen-bond acceptors (Lipinski definition) is 8. The highest BCUT2D eigenvalue weighted by atomic mass is 32.1. The molecule has 0 fully saturated rings. The van der Waals surface area contributed by atoms with Crippen molar-refractivity contribution in [3.05, 3.63) is 52.2 Å². The third-order valence-electron chi connectivity index (χ3n) is 6.43. The van der Waals surface area contributed by atoms with Crippen molar-refractivity contribution >= 4 is 23.4 Å². The predicted molar refractivity (Wildman–Crippen MR) is 146 cm³/mol. The van der Waals surface area contributed by atoms with Gasteiger partial charge >= 0.3 is 0 Å². The maximum atomic E-state index is 5.64. The number of thiocarbonyl (C=S) groups is 1. The molecule has 2 heterocycles. The molecule has 10 heteroatoms. The van der Waals surface area contributed by atoms with Gasteiger partial charge in [0, 0.05) is 18.8 Å². The van der Waals surface area contributed by atoms with Gasteiger partial charge in [-0.2, -0.15) is 0 Å². The summed E-state index contributed by atoms with van der Waals surface area (Å²) in [6.07, 6.45) is 2.11. The molecule has 2 aromatic carbocycles. The maximum absolute atomic E-state index is 5.64. The zero-order valence-electron chi connectivity index (χ0n) is 22.2. The number of rotatable bonds is 8. The first kappa shape index (κ1) is 26.4. The molecule has 0 aliphatic carbocycles. The highest BCUT2D eigenvalue weighted by Gasteiger charge is 2.33. The number of benzene rings is 2. The minimum Gasteiger partial charge on any atom is -0.493 e. The molecule has 2 aliphatic heterocycles. The van der Waals surface area contributed by atoms with Gasteiger partial charge in [0.1, 0.15) is 0 Å². The van der Waals surface area contributed by atoms with Crippen molar-refractivity contribution in [2.24, 2.45) is 0 Å². The molecule has 0 radical (unpaired) electrons. The summed E-state index contributed by atoms with van der Waals surface area (Å²) < 4.78 is 33.3. The molecule has 0 bridgehead atoms. The molecule has 37 heavy (non-hydrogen) atoms. The first-order valence-corrected chi connectivity index (χ1v) is 12.1. The third-order valence-corrected chi connectivity index (χ3v) is 6.65. The second-order valence-electron chi connectivity index (χ2n) is 8.69. The van der Waals surface area contributed by atoms with Gasteiger partial charge in [-0.15, -0.1) is 0 Å². The fraction of sp³-hybridized carbons (Fsp3) is 0.370. The van der Waals surface area contributed by atoms with Crippen LogP contribution in [0.15, 0.2) is 41.1 Å². The van der Waals surface area contributed by atoms with Gasteiger partial charge in [-0.25, -0.2) is 0 Å². The number of methoxy groups -OCH3 is 6. The number of nitrogens with one attached hydrogen (secondary N) is 2. The van der Waals surface area contributed by atoms with Crippen molar-refractivity contribution in [1.29, 1.82) is 0 Å². The molecule has 0 spiro atoms. The van der Waals surface area contributed by atoms with Crippen LogP contribution in [0.4, 0.5) is 0 Å². The molecule has 0 amide bonds. The molecular weight excluding hydrogens is 494 g/mol. The SMILES string of the molecule is COc1cc(/C=C2/CN(C)CC3=C2NC(=S)NC3c2cc(OC)c(OC)c(OC)c2)cc(OC)c1OC. The largest absolute Gasteiger partial charge is 0.493 e. The van der Waals surface area contributed by atoms with E-state index in [1.54, 1.807) is 42.7 Å². The Morgan fingerprint density at radius 2 is 1.30 bits per heavy atom. The van der Waals surface area contributed by atoms with E-state index in [2.05, 4.69) is 28.7 Å². The van der Waals surface area contributed by atoms with E-state index in [0.29, 0.717) is 39.6 Å². The Morgan fingerprint density at radius 3 is 1.78 bits per heavy atom. The minimum atomic E-state index is -0.191. The van der Waals surface area contributed by atoms with Crippen LogP contribution in [0.1, 0.15) is 17.2 Å². The van der Waals surface area contributed by atoms with Crippen LogP contribution in [0.25, 0.3) is 6.08 Å². The molecule has 9 nitrogen and oxygen atoms in total. The molecule has 4 rings (SSSR count). The molecular formula is C27H33N3O6S. The van der Waals surface area contributed by atoms with Crippen molar-refractivity contribution in [3.8, 4) is 34.5 Å². The number of ether oxygens (including phenoxy) is 6. The van der Waals surface area contributed by atoms with Gasteiger partial charge in [0.2, 0.25) is 11.5 Å². The van der Waals surface area contributed by atoms with Crippen LogP contribution in [0.2, 0.25) is 0 Å². The monoisotopic (exact) mass is 527 g/mol. The Labute approximate surface area is 222 Å². The van der Waals surface area contributed by atoms with E-state index < -0.39 is 0 Å². The normalized spacial score (nSPS) is 18.5. The van der Waals surface area contributed by atoms with Gasteiger partial charge in [-0.1, -0.05) is 0 Å². The van der Waals surface area contributed by atoms with Crippen molar-refractivity contribution < 1.29 is 28.4 Å². The average Bonchev–Trinajstić information content (AvgIpc) is 2.91. The Kier molecular flexibility index (Phi) is 7.99. The van der Waals surface area contributed by atoms with Gasteiger partial charge in [-0.05, 0) is 71.9 Å². The summed E-state index contributed by atoms with van der Waals surface area (Å²) in [7, 11) is 11.7. The summed E-state index contributed by atoms with van der Waals surface area (Å²) in [6, 6.07) is 7.57. The Balaban J connectivity index is 1.85. The van der Waals surface area contributed by atoms with E-state index in [1.165, 1.54) is 0 Å². The van der Waals surface area contributed by atoms with Crippen molar-refractivity contribution in [3.63, 3.8) is 0 Å². The number of likely N-dealkylation sites (N-methyl/N-ethyl adjacent to an activating group) is 1. The van der Waals surface area contributed by atoms with Gasteiger partial charge in [0.15, 0.2) is 28.1 Å².